The fourth-order valence-electron chi connectivity index (χ4n) is 2.25. The summed E-state index contributed by atoms with van der Waals surface area (Å²) in [6.07, 6.45) is 6.13. The maximum atomic E-state index is 11.0. The lowest BCUT2D eigenvalue weighted by Crippen LogP contribution is -2.82. The Morgan fingerprint density at radius 3 is 2.38 bits per heavy atom. The van der Waals surface area contributed by atoms with Crippen LogP contribution in [-0.2, 0) is 4.79 Å². The van der Waals surface area contributed by atoms with E-state index in [0.29, 0.717) is 6.42 Å². The molecule has 0 bridgehead atoms. The van der Waals surface area contributed by atoms with Crippen molar-refractivity contribution in [3.05, 3.63) is 0 Å². The molecule has 76 valence electrons. The maximum absolute atomic E-state index is 11.0. The largest absolute Gasteiger partial charge is 0.544 e. The summed E-state index contributed by atoms with van der Waals surface area (Å²) in [4.78, 5) is 11.0. The molecular formula is C10H19NO2. The maximum Gasteiger partial charge on any atom is 0.137 e. The summed E-state index contributed by atoms with van der Waals surface area (Å²) in [6.45, 7) is 1.89. The van der Waals surface area contributed by atoms with E-state index in [-0.39, 0.29) is 5.92 Å². The smallest absolute Gasteiger partial charge is 0.137 e. The fraction of sp³-hybridized carbons (Fsp3) is 0.900. The van der Waals surface area contributed by atoms with Gasteiger partial charge in [-0.1, -0.05) is 26.2 Å². The van der Waals surface area contributed by atoms with E-state index >= 15 is 0 Å². The Bertz CT molecular complexity index is 187. The molecular weight excluding hydrogens is 166 g/mol. The molecule has 0 unspecified atom stereocenters. The van der Waals surface area contributed by atoms with Gasteiger partial charge >= 0.3 is 0 Å². The normalized spacial score (nSPS) is 23.8. The Morgan fingerprint density at radius 2 is 2.00 bits per heavy atom. The van der Waals surface area contributed by atoms with Crippen LogP contribution < -0.4 is 10.8 Å². The predicted molar refractivity (Wildman–Crippen MR) is 47.5 cm³/mol. The summed E-state index contributed by atoms with van der Waals surface area (Å²) in [7, 11) is 0. The number of carboxylic acids is 1. The van der Waals surface area contributed by atoms with Crippen molar-refractivity contribution in [2.75, 3.05) is 0 Å². The summed E-state index contributed by atoms with van der Waals surface area (Å²) in [5.41, 5.74) is 3.02. The molecule has 13 heavy (non-hydrogen) atoms. The third kappa shape index (κ3) is 2.02. The van der Waals surface area contributed by atoms with Gasteiger partial charge in [-0.2, -0.15) is 0 Å². The third-order valence-electron chi connectivity index (χ3n) is 3.42. The van der Waals surface area contributed by atoms with Crippen LogP contribution in [0.25, 0.3) is 0 Å². The van der Waals surface area contributed by atoms with Crippen LogP contribution in [0.2, 0.25) is 0 Å². The molecule has 1 atom stereocenters. The second-order valence-electron chi connectivity index (χ2n) is 4.13. The first kappa shape index (κ1) is 10.5. The van der Waals surface area contributed by atoms with Crippen molar-refractivity contribution in [2.45, 2.75) is 51.0 Å². The molecule has 0 radical (unpaired) electrons. The number of carbonyl (C=O) groups is 1. The van der Waals surface area contributed by atoms with Gasteiger partial charge in [0.2, 0.25) is 0 Å². The van der Waals surface area contributed by atoms with Crippen LogP contribution in [0.3, 0.4) is 0 Å². The van der Waals surface area contributed by atoms with Crippen molar-refractivity contribution in [3.63, 3.8) is 0 Å². The Hall–Kier alpha value is -0.570. The van der Waals surface area contributed by atoms with E-state index in [1.165, 1.54) is 6.42 Å². The topological polar surface area (TPSA) is 67.8 Å². The van der Waals surface area contributed by atoms with Gasteiger partial charge < -0.3 is 15.6 Å². The monoisotopic (exact) mass is 185 g/mol. The van der Waals surface area contributed by atoms with Gasteiger partial charge in [0.05, 0.1) is 0 Å². The van der Waals surface area contributed by atoms with Crippen LogP contribution in [-0.4, -0.2) is 11.5 Å². The van der Waals surface area contributed by atoms with E-state index in [1.807, 2.05) is 6.92 Å². The summed E-state index contributed by atoms with van der Waals surface area (Å²) in [5.74, 6) is -0.738. The van der Waals surface area contributed by atoms with E-state index in [4.69, 9.17) is 0 Å². The second-order valence-corrected chi connectivity index (χ2v) is 4.13. The molecule has 0 spiro atoms. The quantitative estimate of drug-likeness (QED) is 0.656. The van der Waals surface area contributed by atoms with Crippen LogP contribution >= 0.6 is 0 Å². The van der Waals surface area contributed by atoms with Gasteiger partial charge in [-0.05, 0) is 12.8 Å². The number of hydrogen-bond donors (Lipinski definition) is 1. The van der Waals surface area contributed by atoms with Crippen LogP contribution in [0.1, 0.15) is 45.4 Å². The molecule has 0 aromatic carbocycles. The molecule has 1 rings (SSSR count). The number of quaternary nitrogens is 1. The number of carbonyl (C=O) groups excluding carboxylic acids is 1. The van der Waals surface area contributed by atoms with Gasteiger partial charge in [0.15, 0.2) is 0 Å². The Balaban J connectivity index is 2.68. The highest BCUT2D eigenvalue weighted by Gasteiger charge is 2.39. The van der Waals surface area contributed by atoms with Gasteiger partial charge in [0, 0.05) is 12.3 Å². The van der Waals surface area contributed by atoms with Crippen molar-refractivity contribution in [2.24, 2.45) is 5.92 Å². The summed E-state index contributed by atoms with van der Waals surface area (Å²) in [5, 5.41) is 11.0. The van der Waals surface area contributed by atoms with E-state index in [1.54, 1.807) is 0 Å². The third-order valence-corrected chi connectivity index (χ3v) is 3.42. The molecule has 0 saturated heterocycles. The van der Waals surface area contributed by atoms with Crippen LogP contribution in [0.4, 0.5) is 0 Å². The van der Waals surface area contributed by atoms with Crippen molar-refractivity contribution in [1.82, 2.24) is 0 Å². The zero-order valence-corrected chi connectivity index (χ0v) is 8.34. The van der Waals surface area contributed by atoms with E-state index in [2.05, 4.69) is 5.73 Å². The molecule has 1 aliphatic carbocycles. The fourth-order valence-corrected chi connectivity index (χ4v) is 2.25. The number of aliphatic carboxylic acids is 1. The van der Waals surface area contributed by atoms with E-state index < -0.39 is 11.5 Å². The molecule has 3 nitrogen and oxygen atoms in total. The van der Waals surface area contributed by atoms with Gasteiger partial charge in [0.25, 0.3) is 0 Å². The highest BCUT2D eigenvalue weighted by Crippen LogP contribution is 2.31. The SMILES string of the molecule is CC[C@]([NH3+])(C(=O)[O-])C1CCCCC1. The Labute approximate surface area is 79.3 Å². The predicted octanol–water partition coefficient (Wildman–Crippen LogP) is -0.293. The first-order valence-electron chi connectivity index (χ1n) is 5.18. The molecule has 3 heteroatoms. The van der Waals surface area contributed by atoms with Crippen molar-refractivity contribution in [3.8, 4) is 0 Å². The summed E-state index contributed by atoms with van der Waals surface area (Å²) in [6, 6.07) is 0. The molecule has 1 saturated carbocycles. The number of carboxylic acid groups (broad SMARTS) is 1. The average molecular weight is 185 g/mol. The van der Waals surface area contributed by atoms with Crippen LogP contribution in [0.5, 0.6) is 0 Å². The highest BCUT2D eigenvalue weighted by molar-refractivity contribution is 5.74. The Morgan fingerprint density at radius 1 is 1.46 bits per heavy atom. The summed E-state index contributed by atoms with van der Waals surface area (Å²) >= 11 is 0. The lowest BCUT2D eigenvalue weighted by atomic mass is 9.74. The minimum atomic E-state index is -0.970. The average Bonchev–Trinajstić information content (AvgIpc) is 2.17. The lowest BCUT2D eigenvalue weighted by molar-refractivity contribution is -0.501. The molecule has 1 aliphatic rings. The Kier molecular flexibility index (Phi) is 3.31. The van der Waals surface area contributed by atoms with E-state index in [0.717, 1.165) is 25.7 Å². The second kappa shape index (κ2) is 4.09. The zero-order chi connectivity index (χ0) is 9.90. The molecule has 0 aromatic heterocycles. The molecule has 0 aliphatic heterocycles. The van der Waals surface area contributed by atoms with Crippen molar-refractivity contribution in [1.29, 1.82) is 0 Å². The van der Waals surface area contributed by atoms with Gasteiger partial charge in [0.1, 0.15) is 11.5 Å². The van der Waals surface area contributed by atoms with Gasteiger partial charge in [-0.15, -0.1) is 0 Å². The molecule has 0 heterocycles. The molecule has 0 amide bonds. The number of hydrogen-bond acceptors (Lipinski definition) is 2. The van der Waals surface area contributed by atoms with Crippen molar-refractivity contribution < 1.29 is 15.6 Å². The van der Waals surface area contributed by atoms with Gasteiger partial charge in [-0.3, -0.25) is 0 Å². The minimum Gasteiger partial charge on any atom is -0.544 e. The number of rotatable bonds is 3. The van der Waals surface area contributed by atoms with E-state index in [9.17, 15) is 9.90 Å². The lowest BCUT2D eigenvalue weighted by Gasteiger charge is -2.36. The standard InChI is InChI=1S/C10H19NO2/c1-2-10(11,9(12)13)8-6-4-3-5-7-8/h8H,2-7,11H2,1H3,(H,12,13)/t10-/m1/s1. The first-order valence-corrected chi connectivity index (χ1v) is 5.18. The van der Waals surface area contributed by atoms with Crippen LogP contribution in [0.15, 0.2) is 0 Å². The van der Waals surface area contributed by atoms with Crippen molar-refractivity contribution >= 4 is 5.97 Å². The minimum absolute atomic E-state index is 0.233. The van der Waals surface area contributed by atoms with Crippen LogP contribution in [0, 0.1) is 5.92 Å². The molecule has 3 N–H and O–H groups in total. The molecule has 1 fully saturated rings. The molecule has 0 aromatic rings. The van der Waals surface area contributed by atoms with Gasteiger partial charge in [-0.25, -0.2) is 0 Å². The summed E-state index contributed by atoms with van der Waals surface area (Å²) < 4.78 is 0. The zero-order valence-electron chi connectivity index (χ0n) is 8.34. The highest BCUT2D eigenvalue weighted by atomic mass is 16.4. The first-order chi connectivity index (χ1) is 6.11.